The van der Waals surface area contributed by atoms with Gasteiger partial charge in [0.1, 0.15) is 11.7 Å². The number of benzene rings is 1. The van der Waals surface area contributed by atoms with Crippen molar-refractivity contribution in [2.24, 2.45) is 10.7 Å². The molecule has 0 saturated heterocycles. The minimum absolute atomic E-state index is 0.0411. The van der Waals surface area contributed by atoms with Gasteiger partial charge in [0, 0.05) is 18.4 Å². The summed E-state index contributed by atoms with van der Waals surface area (Å²) in [5, 5.41) is 6.20. The molecule has 0 radical (unpaired) electrons. The number of nitrogens with zero attached hydrogens (tertiary/aromatic N) is 1. The first-order valence-electron chi connectivity index (χ1n) is 7.94. The highest BCUT2D eigenvalue weighted by Crippen LogP contribution is 2.07. The molecular formula is C20H28N4. The fourth-order valence-electron chi connectivity index (χ4n) is 1.88. The van der Waals surface area contributed by atoms with Crippen molar-refractivity contribution in [3.63, 3.8) is 0 Å². The fraction of sp³-hybridized carbons (Fsp3) is 0.250. The predicted molar refractivity (Wildman–Crippen MR) is 104 cm³/mol. The van der Waals surface area contributed by atoms with Gasteiger partial charge in [0.05, 0.1) is 0 Å². The van der Waals surface area contributed by atoms with E-state index in [1.165, 1.54) is 5.56 Å². The Morgan fingerprint density at radius 1 is 1.25 bits per heavy atom. The molecule has 1 aromatic rings. The highest BCUT2D eigenvalue weighted by Gasteiger charge is 2.06. The second-order valence-corrected chi connectivity index (χ2v) is 5.72. The van der Waals surface area contributed by atoms with Gasteiger partial charge in [0.25, 0.3) is 0 Å². The van der Waals surface area contributed by atoms with Gasteiger partial charge in [-0.25, -0.2) is 4.99 Å². The van der Waals surface area contributed by atoms with Gasteiger partial charge < -0.3 is 16.4 Å². The summed E-state index contributed by atoms with van der Waals surface area (Å²) in [5.41, 5.74) is 9.51. The second kappa shape index (κ2) is 10.2. The lowest BCUT2D eigenvalue weighted by Crippen LogP contribution is -2.29. The number of nitrogens with one attached hydrogen (secondary N) is 2. The van der Waals surface area contributed by atoms with Gasteiger partial charge in [0.15, 0.2) is 0 Å². The summed E-state index contributed by atoms with van der Waals surface area (Å²) in [7, 11) is 0. The van der Waals surface area contributed by atoms with Crippen LogP contribution in [-0.4, -0.2) is 11.9 Å². The van der Waals surface area contributed by atoms with E-state index in [1.807, 2.05) is 45.2 Å². The van der Waals surface area contributed by atoms with Crippen molar-refractivity contribution in [2.45, 2.75) is 33.2 Å². The minimum Gasteiger partial charge on any atom is -0.349 e. The van der Waals surface area contributed by atoms with E-state index in [0.29, 0.717) is 5.82 Å². The molecule has 0 aliphatic carbocycles. The Labute approximate surface area is 145 Å². The standard InChI is InChI=1S/C20H28N4/c1-6-15(2)13-22-17(4)24-18(5)23-14-16(3)20(21)12-19-10-8-7-9-11-19/h6-11,13-14,20,23H,1,5,12,21H2,2-4H3,(H,22,24)/b15-13-,16-14+. The number of aliphatic imine (C=N–C) groups is 1. The molecule has 4 nitrogen and oxygen atoms in total. The molecule has 1 atom stereocenters. The van der Waals surface area contributed by atoms with Crippen LogP contribution < -0.4 is 16.4 Å². The number of hydrogen-bond donors (Lipinski definition) is 3. The number of rotatable bonds is 8. The normalized spacial score (nSPS) is 14.1. The minimum atomic E-state index is -0.0411. The van der Waals surface area contributed by atoms with Crippen molar-refractivity contribution in [2.75, 3.05) is 0 Å². The molecular weight excluding hydrogens is 296 g/mol. The molecule has 0 aromatic heterocycles. The van der Waals surface area contributed by atoms with Crippen LogP contribution in [0.4, 0.5) is 0 Å². The lowest BCUT2D eigenvalue weighted by molar-refractivity contribution is 0.752. The maximum absolute atomic E-state index is 6.23. The molecule has 1 rings (SSSR count). The van der Waals surface area contributed by atoms with Crippen LogP contribution in [-0.2, 0) is 6.42 Å². The van der Waals surface area contributed by atoms with Crippen molar-refractivity contribution in [3.8, 4) is 0 Å². The molecule has 0 heterocycles. The number of nitrogens with two attached hydrogens (primary N) is 1. The Kier molecular flexibility index (Phi) is 8.30. The second-order valence-electron chi connectivity index (χ2n) is 5.72. The summed E-state index contributed by atoms with van der Waals surface area (Å²) in [6.45, 7) is 13.4. The summed E-state index contributed by atoms with van der Waals surface area (Å²) < 4.78 is 0. The number of amidine groups is 1. The van der Waals surface area contributed by atoms with Crippen molar-refractivity contribution < 1.29 is 0 Å². The Morgan fingerprint density at radius 2 is 1.92 bits per heavy atom. The molecule has 0 aliphatic rings. The van der Waals surface area contributed by atoms with Gasteiger partial charge in [-0.1, -0.05) is 49.6 Å². The molecule has 1 unspecified atom stereocenters. The average molecular weight is 324 g/mol. The van der Waals surface area contributed by atoms with Crippen LogP contribution in [0.2, 0.25) is 0 Å². The Balaban J connectivity index is 2.51. The maximum atomic E-state index is 6.23. The first-order chi connectivity index (χ1) is 11.4. The third kappa shape index (κ3) is 7.61. The fourth-order valence-corrected chi connectivity index (χ4v) is 1.88. The van der Waals surface area contributed by atoms with Crippen LogP contribution >= 0.6 is 0 Å². The average Bonchev–Trinajstić information content (AvgIpc) is 2.58. The molecule has 24 heavy (non-hydrogen) atoms. The molecule has 0 bridgehead atoms. The molecule has 4 N–H and O–H groups in total. The van der Waals surface area contributed by atoms with Gasteiger partial charge in [-0.05, 0) is 43.9 Å². The van der Waals surface area contributed by atoms with E-state index in [9.17, 15) is 0 Å². The van der Waals surface area contributed by atoms with Crippen LogP contribution in [0.25, 0.3) is 0 Å². The van der Waals surface area contributed by atoms with Crippen molar-refractivity contribution >= 4 is 5.84 Å². The Morgan fingerprint density at radius 3 is 2.54 bits per heavy atom. The van der Waals surface area contributed by atoms with Gasteiger partial charge in [0.2, 0.25) is 0 Å². The monoisotopic (exact) mass is 324 g/mol. The zero-order chi connectivity index (χ0) is 17.9. The molecule has 0 spiro atoms. The summed E-state index contributed by atoms with van der Waals surface area (Å²) in [4.78, 5) is 4.28. The summed E-state index contributed by atoms with van der Waals surface area (Å²) in [5.74, 6) is 1.39. The summed E-state index contributed by atoms with van der Waals surface area (Å²) in [6, 6.07) is 10.2. The lowest BCUT2D eigenvalue weighted by atomic mass is 10.0. The zero-order valence-corrected chi connectivity index (χ0v) is 14.8. The highest BCUT2D eigenvalue weighted by atomic mass is 15.1. The van der Waals surface area contributed by atoms with E-state index in [-0.39, 0.29) is 6.04 Å². The van der Waals surface area contributed by atoms with Crippen LogP contribution in [0.15, 0.2) is 83.9 Å². The lowest BCUT2D eigenvalue weighted by Gasteiger charge is -2.14. The predicted octanol–water partition coefficient (Wildman–Crippen LogP) is 3.62. The summed E-state index contributed by atoms with van der Waals surface area (Å²) in [6.07, 6.45) is 6.18. The molecule has 0 aliphatic heterocycles. The van der Waals surface area contributed by atoms with Gasteiger partial charge in [-0.15, -0.1) is 0 Å². The molecule has 0 fully saturated rings. The quantitative estimate of drug-likeness (QED) is 0.389. The van der Waals surface area contributed by atoms with Crippen molar-refractivity contribution in [1.29, 1.82) is 0 Å². The number of hydrogen-bond acceptors (Lipinski definition) is 3. The van der Waals surface area contributed by atoms with Crippen LogP contribution in [0, 0.1) is 0 Å². The Bertz CT molecular complexity index is 639. The van der Waals surface area contributed by atoms with Crippen molar-refractivity contribution in [1.82, 2.24) is 10.6 Å². The molecule has 1 aromatic carbocycles. The highest BCUT2D eigenvalue weighted by molar-refractivity contribution is 5.81. The Hall–Kier alpha value is -2.59. The van der Waals surface area contributed by atoms with Gasteiger partial charge in [-0.2, -0.15) is 0 Å². The molecule has 0 amide bonds. The topological polar surface area (TPSA) is 62.4 Å². The van der Waals surface area contributed by atoms with E-state index in [2.05, 4.69) is 40.9 Å². The number of allylic oxidation sites excluding steroid dienone is 2. The van der Waals surface area contributed by atoms with Gasteiger partial charge >= 0.3 is 0 Å². The first kappa shape index (κ1) is 19.5. The van der Waals surface area contributed by atoms with E-state index in [1.54, 1.807) is 12.3 Å². The summed E-state index contributed by atoms with van der Waals surface area (Å²) >= 11 is 0. The van der Waals surface area contributed by atoms with E-state index < -0.39 is 0 Å². The van der Waals surface area contributed by atoms with Crippen LogP contribution in [0.5, 0.6) is 0 Å². The van der Waals surface area contributed by atoms with Gasteiger partial charge in [-0.3, -0.25) is 0 Å². The van der Waals surface area contributed by atoms with Crippen molar-refractivity contribution in [3.05, 3.63) is 84.5 Å². The molecule has 128 valence electrons. The van der Waals surface area contributed by atoms with E-state index >= 15 is 0 Å². The maximum Gasteiger partial charge on any atom is 0.104 e. The first-order valence-corrected chi connectivity index (χ1v) is 7.94. The van der Waals surface area contributed by atoms with E-state index in [0.717, 1.165) is 23.4 Å². The SMILES string of the molecule is C=C/C(C)=C\N=C(C)NC(=C)N/C=C(\C)C(N)Cc1ccccc1. The molecule has 0 saturated carbocycles. The largest absolute Gasteiger partial charge is 0.349 e. The zero-order valence-electron chi connectivity index (χ0n) is 14.8. The van der Waals surface area contributed by atoms with Crippen LogP contribution in [0.1, 0.15) is 26.3 Å². The third-order valence-corrected chi connectivity index (χ3v) is 3.47. The molecule has 4 heteroatoms. The third-order valence-electron chi connectivity index (χ3n) is 3.47. The van der Waals surface area contributed by atoms with Crippen LogP contribution in [0.3, 0.4) is 0 Å². The smallest absolute Gasteiger partial charge is 0.104 e. The van der Waals surface area contributed by atoms with E-state index in [4.69, 9.17) is 5.73 Å².